The summed E-state index contributed by atoms with van der Waals surface area (Å²) in [5.74, 6) is 0.358. The van der Waals surface area contributed by atoms with Crippen LogP contribution < -0.4 is 10.1 Å². The Balaban J connectivity index is 2.14. The van der Waals surface area contributed by atoms with Crippen LogP contribution >= 0.6 is 0 Å². The van der Waals surface area contributed by atoms with Crippen LogP contribution in [0.25, 0.3) is 11.1 Å². The molecule has 0 atom stereocenters. The molecular weight excluding hydrogens is 255 g/mol. The Labute approximate surface area is 118 Å². The number of benzene rings is 1. The number of halogens is 1. The maximum atomic E-state index is 14.0. The Bertz CT molecular complexity index is 555. The highest BCUT2D eigenvalue weighted by Crippen LogP contribution is 2.22. The quantitative estimate of drug-likeness (QED) is 0.820. The minimum atomic E-state index is -0.193. The van der Waals surface area contributed by atoms with Crippen molar-refractivity contribution >= 4 is 0 Å². The maximum Gasteiger partial charge on any atom is 0.212 e. The molecule has 0 saturated heterocycles. The molecule has 3 nitrogen and oxygen atoms in total. The lowest BCUT2D eigenvalue weighted by Gasteiger charge is -2.08. The largest absolute Gasteiger partial charge is 0.481 e. The van der Waals surface area contributed by atoms with Gasteiger partial charge in [0.25, 0.3) is 0 Å². The molecule has 4 heteroatoms. The number of aromatic nitrogens is 1. The third-order valence-electron chi connectivity index (χ3n) is 3.07. The van der Waals surface area contributed by atoms with Crippen LogP contribution in [0.2, 0.25) is 0 Å². The Hall–Kier alpha value is -1.94. The highest BCUT2D eigenvalue weighted by Gasteiger charge is 2.05. The molecule has 2 aromatic rings. The van der Waals surface area contributed by atoms with E-state index in [9.17, 15) is 4.39 Å². The fourth-order valence-electron chi connectivity index (χ4n) is 1.94. The second-order valence-electron chi connectivity index (χ2n) is 4.57. The van der Waals surface area contributed by atoms with E-state index in [1.54, 1.807) is 25.4 Å². The molecule has 0 saturated carbocycles. The fraction of sp³-hybridized carbons (Fsp3) is 0.312. The number of hydrogen-bond donors (Lipinski definition) is 1. The van der Waals surface area contributed by atoms with E-state index in [-0.39, 0.29) is 5.82 Å². The molecule has 106 valence electrons. The van der Waals surface area contributed by atoms with Crippen LogP contribution in [-0.2, 0) is 6.54 Å². The number of nitrogens with one attached hydrogen (secondary N) is 1. The van der Waals surface area contributed by atoms with E-state index in [0.29, 0.717) is 18.0 Å². The van der Waals surface area contributed by atoms with Crippen molar-refractivity contribution in [3.05, 3.63) is 47.9 Å². The van der Waals surface area contributed by atoms with Crippen LogP contribution in [0.15, 0.2) is 36.5 Å². The minimum absolute atomic E-state index is 0.193. The number of pyridine rings is 1. The Morgan fingerprint density at radius 1 is 1.20 bits per heavy atom. The van der Waals surface area contributed by atoms with Gasteiger partial charge in [-0.2, -0.15) is 0 Å². The van der Waals surface area contributed by atoms with Gasteiger partial charge in [0.05, 0.1) is 7.11 Å². The molecule has 2 rings (SSSR count). The third kappa shape index (κ3) is 3.54. The predicted octanol–water partition coefficient (Wildman–Crippen LogP) is 3.40. The number of methoxy groups -OCH3 is 1. The van der Waals surface area contributed by atoms with E-state index in [1.807, 2.05) is 18.2 Å². The van der Waals surface area contributed by atoms with Crippen LogP contribution in [-0.4, -0.2) is 18.6 Å². The fourth-order valence-corrected chi connectivity index (χ4v) is 1.94. The lowest BCUT2D eigenvalue weighted by atomic mass is 10.0. The van der Waals surface area contributed by atoms with Crippen molar-refractivity contribution in [2.45, 2.75) is 19.9 Å². The molecule has 1 aromatic carbocycles. The molecule has 20 heavy (non-hydrogen) atoms. The zero-order valence-electron chi connectivity index (χ0n) is 11.8. The first-order valence-electron chi connectivity index (χ1n) is 6.74. The second kappa shape index (κ2) is 7.01. The van der Waals surface area contributed by atoms with Gasteiger partial charge in [0.15, 0.2) is 0 Å². The molecule has 0 radical (unpaired) electrons. The summed E-state index contributed by atoms with van der Waals surface area (Å²) in [6, 6.07) is 8.92. The SMILES string of the molecule is CCCNCc1ccc(-c2ccc(OC)nc2)cc1F. The standard InChI is InChI=1S/C16H19FN2O/c1-3-8-18-10-14-5-4-12(9-15(14)17)13-6-7-16(20-2)19-11-13/h4-7,9,11,18H,3,8,10H2,1-2H3. The first-order chi connectivity index (χ1) is 9.74. The van der Waals surface area contributed by atoms with Crippen molar-refractivity contribution in [3.63, 3.8) is 0 Å². The Kier molecular flexibility index (Phi) is 5.07. The van der Waals surface area contributed by atoms with Crippen molar-refractivity contribution in [2.75, 3.05) is 13.7 Å². The van der Waals surface area contributed by atoms with E-state index in [2.05, 4.69) is 17.2 Å². The van der Waals surface area contributed by atoms with Gasteiger partial charge in [0.2, 0.25) is 5.88 Å². The zero-order valence-corrected chi connectivity index (χ0v) is 11.8. The van der Waals surface area contributed by atoms with Crippen molar-refractivity contribution in [2.24, 2.45) is 0 Å². The van der Waals surface area contributed by atoms with Crippen LogP contribution in [0, 0.1) is 5.82 Å². The summed E-state index contributed by atoms with van der Waals surface area (Å²) >= 11 is 0. The zero-order chi connectivity index (χ0) is 14.4. The summed E-state index contributed by atoms with van der Waals surface area (Å²) in [5, 5.41) is 3.20. The average Bonchev–Trinajstić information content (AvgIpc) is 2.49. The molecule has 0 bridgehead atoms. The van der Waals surface area contributed by atoms with Gasteiger partial charge in [-0.05, 0) is 30.7 Å². The summed E-state index contributed by atoms with van der Waals surface area (Å²) in [7, 11) is 1.57. The molecular formula is C16H19FN2O. The summed E-state index contributed by atoms with van der Waals surface area (Å²) < 4.78 is 19.0. The molecule has 0 unspecified atom stereocenters. The van der Waals surface area contributed by atoms with E-state index < -0.39 is 0 Å². The number of nitrogens with zero attached hydrogens (tertiary/aromatic N) is 1. The Morgan fingerprint density at radius 3 is 2.60 bits per heavy atom. The van der Waals surface area contributed by atoms with Crippen LogP contribution in [0.4, 0.5) is 4.39 Å². The molecule has 1 N–H and O–H groups in total. The molecule has 1 aromatic heterocycles. The second-order valence-corrected chi connectivity index (χ2v) is 4.57. The number of ether oxygens (including phenoxy) is 1. The molecule has 0 aliphatic carbocycles. The van der Waals surface area contributed by atoms with Crippen molar-refractivity contribution < 1.29 is 9.13 Å². The van der Waals surface area contributed by atoms with Crippen molar-refractivity contribution in [3.8, 4) is 17.0 Å². The van der Waals surface area contributed by atoms with Gasteiger partial charge >= 0.3 is 0 Å². The summed E-state index contributed by atoms with van der Waals surface area (Å²) in [4.78, 5) is 4.13. The van der Waals surface area contributed by atoms with Gasteiger partial charge < -0.3 is 10.1 Å². The molecule has 0 spiro atoms. The third-order valence-corrected chi connectivity index (χ3v) is 3.07. The van der Waals surface area contributed by atoms with Gasteiger partial charge in [0, 0.05) is 29.9 Å². The number of hydrogen-bond acceptors (Lipinski definition) is 3. The summed E-state index contributed by atoms with van der Waals surface area (Å²) in [6.07, 6.45) is 2.72. The smallest absolute Gasteiger partial charge is 0.212 e. The summed E-state index contributed by atoms with van der Waals surface area (Å²) in [6.45, 7) is 3.54. The summed E-state index contributed by atoms with van der Waals surface area (Å²) in [5.41, 5.74) is 2.37. The molecule has 0 aliphatic heterocycles. The lowest BCUT2D eigenvalue weighted by Crippen LogP contribution is -2.14. The highest BCUT2D eigenvalue weighted by molar-refractivity contribution is 5.63. The van der Waals surface area contributed by atoms with E-state index in [0.717, 1.165) is 24.1 Å². The van der Waals surface area contributed by atoms with Crippen LogP contribution in [0.3, 0.4) is 0 Å². The Morgan fingerprint density at radius 2 is 2.00 bits per heavy atom. The molecule has 1 heterocycles. The van der Waals surface area contributed by atoms with Gasteiger partial charge in [-0.25, -0.2) is 9.37 Å². The van der Waals surface area contributed by atoms with E-state index in [4.69, 9.17) is 4.74 Å². The predicted molar refractivity (Wildman–Crippen MR) is 78.2 cm³/mol. The number of rotatable bonds is 6. The van der Waals surface area contributed by atoms with Gasteiger partial charge in [0.1, 0.15) is 5.82 Å². The van der Waals surface area contributed by atoms with Gasteiger partial charge in [-0.1, -0.05) is 19.1 Å². The van der Waals surface area contributed by atoms with E-state index >= 15 is 0 Å². The van der Waals surface area contributed by atoms with Crippen molar-refractivity contribution in [1.82, 2.24) is 10.3 Å². The van der Waals surface area contributed by atoms with Crippen LogP contribution in [0.5, 0.6) is 5.88 Å². The topological polar surface area (TPSA) is 34.1 Å². The van der Waals surface area contributed by atoms with Gasteiger partial charge in [-0.15, -0.1) is 0 Å². The molecule has 0 amide bonds. The highest BCUT2D eigenvalue weighted by atomic mass is 19.1. The van der Waals surface area contributed by atoms with Crippen LogP contribution in [0.1, 0.15) is 18.9 Å². The monoisotopic (exact) mass is 274 g/mol. The lowest BCUT2D eigenvalue weighted by molar-refractivity contribution is 0.398. The normalized spacial score (nSPS) is 10.6. The van der Waals surface area contributed by atoms with Crippen molar-refractivity contribution in [1.29, 1.82) is 0 Å². The maximum absolute atomic E-state index is 14.0. The first-order valence-corrected chi connectivity index (χ1v) is 6.74. The first kappa shape index (κ1) is 14.5. The van der Waals surface area contributed by atoms with Gasteiger partial charge in [-0.3, -0.25) is 0 Å². The molecule has 0 fully saturated rings. The van der Waals surface area contributed by atoms with E-state index in [1.165, 1.54) is 0 Å². The minimum Gasteiger partial charge on any atom is -0.481 e. The average molecular weight is 274 g/mol. The molecule has 0 aliphatic rings.